The number of para-hydroxylation sites is 1. The van der Waals surface area contributed by atoms with Crippen LogP contribution in [0.5, 0.6) is 0 Å². The molecule has 0 saturated heterocycles. The molecule has 0 saturated carbocycles. The van der Waals surface area contributed by atoms with Crippen molar-refractivity contribution >= 4 is 27.4 Å². The number of nitrogens with one attached hydrogen (secondary N) is 1. The Hall–Kier alpha value is -3.84. The van der Waals surface area contributed by atoms with E-state index < -0.39 is 0 Å². The highest BCUT2D eigenvalue weighted by Crippen LogP contribution is 2.32. The fourth-order valence-corrected chi connectivity index (χ4v) is 4.93. The van der Waals surface area contributed by atoms with E-state index in [9.17, 15) is 0 Å². The van der Waals surface area contributed by atoms with Crippen LogP contribution in [0.25, 0.3) is 27.4 Å². The molecule has 5 aromatic rings. The number of H-pyrrole nitrogens is 1. The summed E-state index contributed by atoms with van der Waals surface area (Å²) in [6, 6.07) is 34.4. The number of hydrogen-bond donors (Lipinski definition) is 1. The Morgan fingerprint density at radius 1 is 0.811 bits per heavy atom. The third kappa shape index (κ3) is 6.30. The van der Waals surface area contributed by atoms with Gasteiger partial charge in [0.2, 0.25) is 0 Å². The highest BCUT2D eigenvalue weighted by molar-refractivity contribution is 6.07. The monoisotopic (exact) mass is 485 g/mol. The van der Waals surface area contributed by atoms with E-state index in [1.54, 1.807) is 0 Å². The second-order valence-electron chi connectivity index (χ2n) is 9.90. The standard InChI is InChI=1S/C29H31N.C7H8/c1-5-20(3)24-11-7-8-12-25(24)23(6-2)21(4)15-16-22-17-18-27-26-13-9-10-14-28(26)30-29(27)19-22;1-7-5-3-2-4-6-7/h6-15,17-20,30H,5,16H2,1-4H3;2-6H,1H3/b21-15-,23-6+;. The van der Waals surface area contributed by atoms with Gasteiger partial charge in [-0.2, -0.15) is 0 Å². The van der Waals surface area contributed by atoms with Gasteiger partial charge in [-0.15, -0.1) is 0 Å². The molecule has 37 heavy (non-hydrogen) atoms. The summed E-state index contributed by atoms with van der Waals surface area (Å²) in [5.74, 6) is 0.563. The summed E-state index contributed by atoms with van der Waals surface area (Å²) in [6.45, 7) is 11.1. The number of allylic oxidation sites excluding steroid dienone is 4. The second kappa shape index (κ2) is 12.4. The van der Waals surface area contributed by atoms with Gasteiger partial charge >= 0.3 is 0 Å². The van der Waals surface area contributed by atoms with Crippen molar-refractivity contribution in [3.63, 3.8) is 0 Å². The molecule has 0 aliphatic heterocycles. The largest absolute Gasteiger partial charge is 0.355 e. The maximum atomic E-state index is 3.56. The molecule has 1 heterocycles. The fourth-order valence-electron chi connectivity index (χ4n) is 4.93. The van der Waals surface area contributed by atoms with Crippen LogP contribution in [0.2, 0.25) is 0 Å². The highest BCUT2D eigenvalue weighted by Gasteiger charge is 2.12. The van der Waals surface area contributed by atoms with Gasteiger partial charge in [0.05, 0.1) is 0 Å². The predicted octanol–water partition coefficient (Wildman–Crippen LogP) is 10.4. The Bertz CT molecular complexity index is 1510. The Labute approximate surface area is 222 Å². The number of aryl methyl sites for hydroxylation is 1. The second-order valence-corrected chi connectivity index (χ2v) is 9.90. The Kier molecular flexibility index (Phi) is 8.80. The van der Waals surface area contributed by atoms with Gasteiger partial charge in [-0.05, 0) is 79.5 Å². The molecule has 4 aromatic carbocycles. The van der Waals surface area contributed by atoms with Crippen LogP contribution < -0.4 is 0 Å². The third-order valence-corrected chi connectivity index (χ3v) is 7.26. The van der Waals surface area contributed by atoms with E-state index in [0.717, 1.165) is 12.8 Å². The lowest BCUT2D eigenvalue weighted by atomic mass is 9.87. The minimum Gasteiger partial charge on any atom is -0.355 e. The van der Waals surface area contributed by atoms with E-state index in [-0.39, 0.29) is 0 Å². The number of benzene rings is 4. The van der Waals surface area contributed by atoms with Crippen LogP contribution in [0.15, 0.2) is 115 Å². The van der Waals surface area contributed by atoms with Gasteiger partial charge in [0.25, 0.3) is 0 Å². The van der Waals surface area contributed by atoms with E-state index in [2.05, 4.69) is 131 Å². The first-order valence-electron chi connectivity index (χ1n) is 13.5. The van der Waals surface area contributed by atoms with Crippen LogP contribution in [0.4, 0.5) is 0 Å². The summed E-state index contributed by atoms with van der Waals surface area (Å²) in [6.07, 6.45) is 6.71. The molecular formula is C36H39N. The van der Waals surface area contributed by atoms with Gasteiger partial charge in [0, 0.05) is 21.8 Å². The van der Waals surface area contributed by atoms with Crippen LogP contribution in [0.1, 0.15) is 62.3 Å². The molecule has 1 N–H and O–H groups in total. The van der Waals surface area contributed by atoms with Crippen molar-refractivity contribution in [3.8, 4) is 0 Å². The van der Waals surface area contributed by atoms with Gasteiger partial charge in [0.1, 0.15) is 0 Å². The van der Waals surface area contributed by atoms with Crippen LogP contribution in [0, 0.1) is 6.92 Å². The predicted molar refractivity (Wildman–Crippen MR) is 163 cm³/mol. The average molecular weight is 486 g/mol. The summed E-state index contributed by atoms with van der Waals surface area (Å²) < 4.78 is 0. The van der Waals surface area contributed by atoms with Crippen LogP contribution in [-0.2, 0) is 6.42 Å². The van der Waals surface area contributed by atoms with E-state index in [1.165, 1.54) is 55.2 Å². The highest BCUT2D eigenvalue weighted by atomic mass is 14.7. The van der Waals surface area contributed by atoms with Crippen molar-refractivity contribution in [2.24, 2.45) is 0 Å². The van der Waals surface area contributed by atoms with Gasteiger partial charge < -0.3 is 4.98 Å². The molecule has 0 aliphatic rings. The molecule has 0 spiro atoms. The first kappa shape index (κ1) is 26.2. The van der Waals surface area contributed by atoms with E-state index in [0.29, 0.717) is 5.92 Å². The van der Waals surface area contributed by atoms with Crippen LogP contribution in [-0.4, -0.2) is 4.98 Å². The number of fused-ring (bicyclic) bond motifs is 3. The van der Waals surface area contributed by atoms with Crippen molar-refractivity contribution in [2.75, 3.05) is 0 Å². The Morgan fingerprint density at radius 2 is 1.49 bits per heavy atom. The minimum atomic E-state index is 0.563. The maximum absolute atomic E-state index is 3.56. The topological polar surface area (TPSA) is 15.8 Å². The molecule has 0 fully saturated rings. The van der Waals surface area contributed by atoms with Gasteiger partial charge in [-0.25, -0.2) is 0 Å². The zero-order chi connectivity index (χ0) is 26.2. The van der Waals surface area contributed by atoms with Crippen molar-refractivity contribution in [1.29, 1.82) is 0 Å². The molecule has 1 heteroatoms. The van der Waals surface area contributed by atoms with Crippen LogP contribution >= 0.6 is 0 Å². The average Bonchev–Trinajstić information content (AvgIpc) is 3.31. The van der Waals surface area contributed by atoms with Crippen molar-refractivity contribution in [3.05, 3.63) is 137 Å². The first-order valence-corrected chi connectivity index (χ1v) is 13.5. The minimum absolute atomic E-state index is 0.563. The molecule has 1 unspecified atom stereocenters. The lowest BCUT2D eigenvalue weighted by Gasteiger charge is -2.18. The van der Waals surface area contributed by atoms with E-state index in [1.807, 2.05) is 18.2 Å². The number of aromatic amines is 1. The van der Waals surface area contributed by atoms with Crippen molar-refractivity contribution in [1.82, 2.24) is 4.98 Å². The van der Waals surface area contributed by atoms with Gasteiger partial charge in [-0.1, -0.05) is 116 Å². The number of aromatic nitrogens is 1. The zero-order valence-electron chi connectivity index (χ0n) is 22.9. The normalized spacial score (nSPS) is 12.9. The fraction of sp³-hybridized carbons (Fsp3) is 0.222. The molecule has 5 rings (SSSR count). The summed E-state index contributed by atoms with van der Waals surface area (Å²) >= 11 is 0. The summed E-state index contributed by atoms with van der Waals surface area (Å²) in [5, 5.41) is 2.59. The lowest BCUT2D eigenvalue weighted by Crippen LogP contribution is -1.99. The third-order valence-electron chi connectivity index (χ3n) is 7.26. The van der Waals surface area contributed by atoms with E-state index in [4.69, 9.17) is 0 Å². The molecular weight excluding hydrogens is 446 g/mol. The van der Waals surface area contributed by atoms with Gasteiger partial charge in [0.15, 0.2) is 0 Å². The maximum Gasteiger partial charge on any atom is 0.0467 e. The van der Waals surface area contributed by atoms with Gasteiger partial charge in [-0.3, -0.25) is 0 Å². The molecule has 0 radical (unpaired) electrons. The number of rotatable bonds is 6. The molecule has 0 bridgehead atoms. The van der Waals surface area contributed by atoms with E-state index >= 15 is 0 Å². The van der Waals surface area contributed by atoms with Crippen molar-refractivity contribution in [2.45, 2.75) is 53.4 Å². The summed E-state index contributed by atoms with van der Waals surface area (Å²) in [5.41, 5.74) is 10.6. The Morgan fingerprint density at radius 3 is 2.19 bits per heavy atom. The summed E-state index contributed by atoms with van der Waals surface area (Å²) in [4.78, 5) is 3.56. The first-order chi connectivity index (χ1) is 18.0. The molecule has 0 amide bonds. The number of hydrogen-bond acceptors (Lipinski definition) is 0. The molecule has 1 nitrogen and oxygen atoms in total. The molecule has 1 aromatic heterocycles. The molecule has 0 aliphatic carbocycles. The molecule has 188 valence electrons. The Balaban J connectivity index is 0.000000396. The zero-order valence-corrected chi connectivity index (χ0v) is 22.9. The quantitative estimate of drug-likeness (QED) is 0.230. The smallest absolute Gasteiger partial charge is 0.0467 e. The molecule has 1 atom stereocenters. The van der Waals surface area contributed by atoms with Crippen molar-refractivity contribution < 1.29 is 0 Å². The SMILES string of the molecule is C/C=C(\C(C)=C/Cc1ccc2c(c1)[nH]c1ccccc12)c1ccccc1C(C)CC.Cc1ccccc1. The summed E-state index contributed by atoms with van der Waals surface area (Å²) in [7, 11) is 0. The van der Waals surface area contributed by atoms with Crippen LogP contribution in [0.3, 0.4) is 0 Å². The lowest BCUT2D eigenvalue weighted by molar-refractivity contribution is 0.731.